The summed E-state index contributed by atoms with van der Waals surface area (Å²) in [6, 6.07) is 10.7. The van der Waals surface area contributed by atoms with E-state index in [0.29, 0.717) is 27.3 Å². The highest BCUT2D eigenvalue weighted by atomic mass is 16.4. The van der Waals surface area contributed by atoms with Crippen LogP contribution in [0.2, 0.25) is 0 Å². The van der Waals surface area contributed by atoms with Gasteiger partial charge < -0.3 is 8.83 Å². The first-order chi connectivity index (χ1) is 10.6. The third-order valence-electron chi connectivity index (χ3n) is 3.91. The molecule has 2 aromatic heterocycles. The van der Waals surface area contributed by atoms with E-state index in [9.17, 15) is 9.59 Å². The highest BCUT2D eigenvalue weighted by Crippen LogP contribution is 2.28. The fourth-order valence-electron chi connectivity index (χ4n) is 3.07. The van der Waals surface area contributed by atoms with Gasteiger partial charge in [0.25, 0.3) is 0 Å². The van der Waals surface area contributed by atoms with Crippen LogP contribution in [0.5, 0.6) is 0 Å². The van der Waals surface area contributed by atoms with E-state index in [0.717, 1.165) is 11.1 Å². The molecule has 22 heavy (non-hydrogen) atoms. The molecule has 108 valence electrons. The Morgan fingerprint density at radius 3 is 2.27 bits per heavy atom. The fraction of sp³-hybridized carbons (Fsp3) is 0.111. The number of benzene rings is 2. The SMILES string of the molecule is Cc1cc(C)c2c(c1)oc(=O)c1c3ccccc3oc(=O)c21. The van der Waals surface area contributed by atoms with Gasteiger partial charge in [-0.15, -0.1) is 0 Å². The van der Waals surface area contributed by atoms with Gasteiger partial charge in [-0.2, -0.15) is 0 Å². The first kappa shape index (κ1) is 12.8. The van der Waals surface area contributed by atoms with Crippen LogP contribution in [-0.2, 0) is 0 Å². The molecule has 4 nitrogen and oxygen atoms in total. The first-order valence-electron chi connectivity index (χ1n) is 6.96. The van der Waals surface area contributed by atoms with Gasteiger partial charge in [-0.1, -0.05) is 24.3 Å². The van der Waals surface area contributed by atoms with E-state index in [1.165, 1.54) is 0 Å². The minimum absolute atomic E-state index is 0.284. The zero-order valence-electron chi connectivity index (χ0n) is 12.1. The van der Waals surface area contributed by atoms with Crippen LogP contribution in [0.25, 0.3) is 32.7 Å². The van der Waals surface area contributed by atoms with Crippen LogP contribution in [0.4, 0.5) is 0 Å². The summed E-state index contributed by atoms with van der Waals surface area (Å²) in [5, 5.41) is 1.81. The largest absolute Gasteiger partial charge is 0.422 e. The van der Waals surface area contributed by atoms with Crippen LogP contribution in [-0.4, -0.2) is 0 Å². The Morgan fingerprint density at radius 1 is 0.773 bits per heavy atom. The van der Waals surface area contributed by atoms with Crippen molar-refractivity contribution in [3.63, 3.8) is 0 Å². The smallest absolute Gasteiger partial charge is 0.345 e. The number of para-hydroxylation sites is 1. The van der Waals surface area contributed by atoms with Gasteiger partial charge in [-0.05, 0) is 37.1 Å². The van der Waals surface area contributed by atoms with Gasteiger partial charge in [-0.25, -0.2) is 9.59 Å². The lowest BCUT2D eigenvalue weighted by Gasteiger charge is -2.07. The molecule has 4 heteroatoms. The molecule has 0 amide bonds. The highest BCUT2D eigenvalue weighted by Gasteiger charge is 2.17. The maximum atomic E-state index is 12.4. The standard InChI is InChI=1S/C18H12O4/c1-9-7-10(2)14-13(8-9)22-17(19)15-11-5-3-4-6-12(11)21-18(20)16(14)15/h3-8H,1-2H3. The summed E-state index contributed by atoms with van der Waals surface area (Å²) in [6.07, 6.45) is 0. The summed E-state index contributed by atoms with van der Waals surface area (Å²) in [5.74, 6) is 0. The van der Waals surface area contributed by atoms with Crippen LogP contribution in [0.3, 0.4) is 0 Å². The van der Waals surface area contributed by atoms with Crippen LogP contribution < -0.4 is 11.3 Å². The summed E-state index contributed by atoms with van der Waals surface area (Å²) in [6.45, 7) is 3.81. The maximum Gasteiger partial charge on any atom is 0.345 e. The quantitative estimate of drug-likeness (QED) is 0.366. The van der Waals surface area contributed by atoms with Gasteiger partial charge in [0.1, 0.15) is 11.2 Å². The zero-order valence-corrected chi connectivity index (χ0v) is 12.1. The molecule has 0 spiro atoms. The van der Waals surface area contributed by atoms with Crippen molar-refractivity contribution < 1.29 is 8.83 Å². The third kappa shape index (κ3) is 1.64. The number of rotatable bonds is 0. The molecule has 0 unspecified atom stereocenters. The Kier molecular flexibility index (Phi) is 2.51. The molecule has 0 aliphatic rings. The van der Waals surface area contributed by atoms with E-state index < -0.39 is 11.3 Å². The number of aryl methyl sites for hydroxylation is 2. The fourth-order valence-corrected chi connectivity index (χ4v) is 3.07. The lowest BCUT2D eigenvalue weighted by molar-refractivity contribution is 0.557. The van der Waals surface area contributed by atoms with E-state index in [2.05, 4.69) is 0 Å². The molecule has 4 rings (SSSR count). The third-order valence-corrected chi connectivity index (χ3v) is 3.91. The Labute approximate surface area is 124 Å². The van der Waals surface area contributed by atoms with E-state index in [1.807, 2.05) is 19.9 Å². The minimum Gasteiger partial charge on any atom is -0.422 e. The lowest BCUT2D eigenvalue weighted by atomic mass is 10.0. The summed E-state index contributed by atoms with van der Waals surface area (Å²) in [5.41, 5.74) is 1.62. The Morgan fingerprint density at radius 2 is 1.45 bits per heavy atom. The molecule has 4 aromatic rings. The second-order valence-electron chi connectivity index (χ2n) is 5.48. The molecule has 2 heterocycles. The van der Waals surface area contributed by atoms with Crippen molar-refractivity contribution in [2.24, 2.45) is 0 Å². The molecule has 0 saturated carbocycles. The summed E-state index contributed by atoms with van der Waals surface area (Å²) >= 11 is 0. The van der Waals surface area contributed by atoms with E-state index >= 15 is 0 Å². The molecule has 0 fully saturated rings. The average Bonchev–Trinajstić information content (AvgIpc) is 2.46. The Balaban J connectivity index is 2.46. The van der Waals surface area contributed by atoms with Crippen molar-refractivity contribution in [2.75, 3.05) is 0 Å². The van der Waals surface area contributed by atoms with E-state index in [4.69, 9.17) is 8.83 Å². The van der Waals surface area contributed by atoms with Crippen molar-refractivity contribution in [3.05, 3.63) is 68.4 Å². The molecule has 0 aliphatic carbocycles. The zero-order chi connectivity index (χ0) is 15.4. The molecule has 2 aromatic carbocycles. The molecule has 0 atom stereocenters. The van der Waals surface area contributed by atoms with Crippen LogP contribution in [0.1, 0.15) is 11.1 Å². The van der Waals surface area contributed by atoms with E-state index in [1.54, 1.807) is 30.3 Å². The minimum atomic E-state index is -0.517. The molecular formula is C18H12O4. The predicted molar refractivity (Wildman–Crippen MR) is 85.5 cm³/mol. The lowest BCUT2D eigenvalue weighted by Crippen LogP contribution is -2.09. The Hall–Kier alpha value is -2.88. The van der Waals surface area contributed by atoms with Crippen LogP contribution in [0, 0.1) is 13.8 Å². The molecule has 0 N–H and O–H groups in total. The van der Waals surface area contributed by atoms with Gasteiger partial charge in [0, 0.05) is 10.8 Å². The first-order valence-corrected chi connectivity index (χ1v) is 6.96. The van der Waals surface area contributed by atoms with Crippen molar-refractivity contribution in [1.82, 2.24) is 0 Å². The highest BCUT2D eigenvalue weighted by molar-refractivity contribution is 6.14. The van der Waals surface area contributed by atoms with Gasteiger partial charge in [0.15, 0.2) is 0 Å². The van der Waals surface area contributed by atoms with Crippen molar-refractivity contribution in [3.8, 4) is 0 Å². The van der Waals surface area contributed by atoms with Crippen LogP contribution >= 0.6 is 0 Å². The van der Waals surface area contributed by atoms with Gasteiger partial charge >= 0.3 is 11.3 Å². The second-order valence-corrected chi connectivity index (χ2v) is 5.48. The van der Waals surface area contributed by atoms with Crippen molar-refractivity contribution in [2.45, 2.75) is 13.8 Å². The van der Waals surface area contributed by atoms with Gasteiger partial charge in [0.2, 0.25) is 0 Å². The number of fused-ring (bicyclic) bond motifs is 5. The maximum absolute atomic E-state index is 12.4. The summed E-state index contributed by atoms with van der Waals surface area (Å²) in [7, 11) is 0. The van der Waals surface area contributed by atoms with Gasteiger partial charge in [0.05, 0.1) is 10.8 Å². The molecule has 0 saturated heterocycles. The summed E-state index contributed by atoms with van der Waals surface area (Å²) in [4.78, 5) is 24.9. The van der Waals surface area contributed by atoms with Crippen LogP contribution in [0.15, 0.2) is 54.8 Å². The topological polar surface area (TPSA) is 60.4 Å². The molecular weight excluding hydrogens is 280 g/mol. The Bertz CT molecular complexity index is 1180. The van der Waals surface area contributed by atoms with E-state index in [-0.39, 0.29) is 5.39 Å². The molecule has 0 radical (unpaired) electrons. The summed E-state index contributed by atoms with van der Waals surface area (Å²) < 4.78 is 10.9. The predicted octanol–water partition coefficient (Wildman–Crippen LogP) is 3.67. The monoisotopic (exact) mass is 292 g/mol. The number of hydrogen-bond acceptors (Lipinski definition) is 4. The second kappa shape index (κ2) is 4.31. The molecule has 0 bridgehead atoms. The molecule has 0 aliphatic heterocycles. The van der Waals surface area contributed by atoms with Crippen molar-refractivity contribution in [1.29, 1.82) is 0 Å². The normalized spacial score (nSPS) is 11.5. The number of hydrogen-bond donors (Lipinski definition) is 0. The average molecular weight is 292 g/mol. The van der Waals surface area contributed by atoms with Crippen molar-refractivity contribution >= 4 is 32.7 Å². The van der Waals surface area contributed by atoms with Gasteiger partial charge in [-0.3, -0.25) is 0 Å².